The van der Waals surface area contributed by atoms with Gasteiger partial charge in [0.05, 0.1) is 6.04 Å². The number of likely N-dealkylation sites (N-methyl/N-ethyl adjacent to an activating group) is 1. The standard InChI is InChI=1S/C9H16FNO3/c1-11-4-6(10)7-8(11)9(12-2,13-3)5-14-7/h6-8H,4-5H2,1-3H3. The Kier molecular flexibility index (Phi) is 2.51. The van der Waals surface area contributed by atoms with E-state index in [0.29, 0.717) is 13.2 Å². The number of rotatable bonds is 2. The minimum Gasteiger partial charge on any atom is -0.368 e. The fourth-order valence-electron chi connectivity index (χ4n) is 2.46. The lowest BCUT2D eigenvalue weighted by molar-refractivity contribution is -0.225. The van der Waals surface area contributed by atoms with Crippen molar-refractivity contribution in [2.75, 3.05) is 34.4 Å². The Morgan fingerprint density at radius 1 is 1.43 bits per heavy atom. The van der Waals surface area contributed by atoms with Crippen LogP contribution in [0.1, 0.15) is 0 Å². The van der Waals surface area contributed by atoms with E-state index in [1.54, 1.807) is 14.2 Å². The summed E-state index contributed by atoms with van der Waals surface area (Å²) in [4.78, 5) is 1.90. The molecule has 0 aromatic rings. The van der Waals surface area contributed by atoms with Gasteiger partial charge >= 0.3 is 0 Å². The molecule has 5 heteroatoms. The van der Waals surface area contributed by atoms with Gasteiger partial charge in [0.15, 0.2) is 0 Å². The summed E-state index contributed by atoms with van der Waals surface area (Å²) in [6.07, 6.45) is -1.36. The predicted molar refractivity (Wildman–Crippen MR) is 47.8 cm³/mol. The number of likely N-dealkylation sites (tertiary alicyclic amines) is 1. The molecule has 2 aliphatic heterocycles. The highest BCUT2D eigenvalue weighted by Gasteiger charge is 2.59. The molecule has 0 aliphatic carbocycles. The summed E-state index contributed by atoms with van der Waals surface area (Å²) in [5, 5.41) is 0. The lowest BCUT2D eigenvalue weighted by Crippen LogP contribution is -2.52. The quantitative estimate of drug-likeness (QED) is 0.595. The molecule has 82 valence electrons. The Balaban J connectivity index is 2.24. The minimum atomic E-state index is -0.947. The Morgan fingerprint density at radius 3 is 2.64 bits per heavy atom. The smallest absolute Gasteiger partial charge is 0.210 e. The first kappa shape index (κ1) is 10.3. The van der Waals surface area contributed by atoms with Crippen molar-refractivity contribution in [2.24, 2.45) is 0 Å². The summed E-state index contributed by atoms with van der Waals surface area (Å²) in [6.45, 7) is 0.671. The summed E-state index contributed by atoms with van der Waals surface area (Å²) in [6, 6.07) is -0.146. The number of halogens is 1. The van der Waals surface area contributed by atoms with Crippen molar-refractivity contribution < 1.29 is 18.6 Å². The molecule has 0 N–H and O–H groups in total. The van der Waals surface area contributed by atoms with E-state index in [-0.39, 0.29) is 6.04 Å². The second-order valence-corrected chi connectivity index (χ2v) is 3.90. The summed E-state index contributed by atoms with van der Waals surface area (Å²) < 4.78 is 29.5. The summed E-state index contributed by atoms with van der Waals surface area (Å²) >= 11 is 0. The molecule has 14 heavy (non-hydrogen) atoms. The van der Waals surface area contributed by atoms with Gasteiger partial charge in [0.1, 0.15) is 18.9 Å². The molecule has 0 bridgehead atoms. The molecule has 4 nitrogen and oxygen atoms in total. The normalized spacial score (nSPS) is 41.6. The molecule has 0 amide bonds. The third kappa shape index (κ3) is 1.20. The van der Waals surface area contributed by atoms with Crippen LogP contribution in [0.2, 0.25) is 0 Å². The highest BCUT2D eigenvalue weighted by atomic mass is 19.1. The van der Waals surface area contributed by atoms with Gasteiger partial charge in [-0.1, -0.05) is 0 Å². The van der Waals surface area contributed by atoms with Gasteiger partial charge in [-0.3, -0.25) is 4.90 Å². The first-order valence-electron chi connectivity index (χ1n) is 4.71. The zero-order valence-electron chi connectivity index (χ0n) is 8.70. The van der Waals surface area contributed by atoms with Gasteiger partial charge in [-0.05, 0) is 7.05 Å². The third-order valence-corrected chi connectivity index (χ3v) is 3.22. The first-order chi connectivity index (χ1) is 6.64. The van der Waals surface area contributed by atoms with Crippen molar-refractivity contribution in [1.82, 2.24) is 4.90 Å². The molecule has 3 atom stereocenters. The van der Waals surface area contributed by atoms with Crippen molar-refractivity contribution in [3.05, 3.63) is 0 Å². The van der Waals surface area contributed by atoms with E-state index in [2.05, 4.69) is 0 Å². The molecule has 3 unspecified atom stereocenters. The van der Waals surface area contributed by atoms with Gasteiger partial charge in [-0.25, -0.2) is 4.39 Å². The summed E-state index contributed by atoms with van der Waals surface area (Å²) in [5.74, 6) is -0.805. The van der Waals surface area contributed by atoms with Crippen LogP contribution >= 0.6 is 0 Å². The minimum absolute atomic E-state index is 0.146. The van der Waals surface area contributed by atoms with Crippen LogP contribution in [0.3, 0.4) is 0 Å². The number of fused-ring (bicyclic) bond motifs is 1. The fourth-order valence-corrected chi connectivity index (χ4v) is 2.46. The van der Waals surface area contributed by atoms with E-state index >= 15 is 0 Å². The van der Waals surface area contributed by atoms with Crippen molar-refractivity contribution in [3.8, 4) is 0 Å². The first-order valence-corrected chi connectivity index (χ1v) is 4.71. The van der Waals surface area contributed by atoms with Crippen molar-refractivity contribution in [2.45, 2.75) is 24.1 Å². The molecule has 0 radical (unpaired) electrons. The SMILES string of the molecule is COC1(OC)COC2C(F)CN(C)C21. The highest BCUT2D eigenvalue weighted by Crippen LogP contribution is 2.38. The maximum atomic E-state index is 13.5. The summed E-state index contributed by atoms with van der Waals surface area (Å²) in [7, 11) is 4.99. The molecule has 2 saturated heterocycles. The second kappa shape index (κ2) is 3.41. The largest absolute Gasteiger partial charge is 0.368 e. The third-order valence-electron chi connectivity index (χ3n) is 3.22. The maximum absolute atomic E-state index is 13.5. The molecule has 0 aromatic carbocycles. The van der Waals surface area contributed by atoms with Crippen LogP contribution < -0.4 is 0 Å². The highest BCUT2D eigenvalue weighted by molar-refractivity contribution is 5.06. The van der Waals surface area contributed by atoms with Crippen LogP contribution in [0.4, 0.5) is 4.39 Å². The Morgan fingerprint density at radius 2 is 2.07 bits per heavy atom. The van der Waals surface area contributed by atoms with Crippen molar-refractivity contribution >= 4 is 0 Å². The predicted octanol–water partition coefficient (Wildman–Crippen LogP) is 0.0264. The van der Waals surface area contributed by atoms with Gasteiger partial charge in [0.25, 0.3) is 0 Å². The number of ether oxygens (including phenoxy) is 3. The van der Waals surface area contributed by atoms with Crippen LogP contribution in [0.25, 0.3) is 0 Å². The average Bonchev–Trinajstić information content (AvgIpc) is 2.68. The second-order valence-electron chi connectivity index (χ2n) is 3.90. The zero-order valence-corrected chi connectivity index (χ0v) is 8.70. The molecule has 2 fully saturated rings. The number of hydrogen-bond acceptors (Lipinski definition) is 4. The van der Waals surface area contributed by atoms with Crippen LogP contribution in [-0.2, 0) is 14.2 Å². The lowest BCUT2D eigenvalue weighted by atomic mass is 10.1. The van der Waals surface area contributed by atoms with E-state index in [1.807, 2.05) is 11.9 Å². The Labute approximate surface area is 82.9 Å². The monoisotopic (exact) mass is 205 g/mol. The molecular formula is C9H16FNO3. The number of alkyl halides is 1. The molecule has 2 aliphatic rings. The molecule has 0 spiro atoms. The van der Waals surface area contributed by atoms with E-state index in [0.717, 1.165) is 0 Å². The fraction of sp³-hybridized carbons (Fsp3) is 1.00. The number of hydrogen-bond donors (Lipinski definition) is 0. The molecule has 0 aromatic heterocycles. The molecule has 0 saturated carbocycles. The average molecular weight is 205 g/mol. The Bertz CT molecular complexity index is 222. The van der Waals surface area contributed by atoms with Crippen molar-refractivity contribution in [3.63, 3.8) is 0 Å². The number of nitrogens with zero attached hydrogens (tertiary/aromatic N) is 1. The molecule has 2 rings (SSSR count). The zero-order chi connectivity index (χ0) is 10.3. The van der Waals surface area contributed by atoms with E-state index < -0.39 is 18.1 Å². The summed E-state index contributed by atoms with van der Waals surface area (Å²) in [5.41, 5.74) is 0. The Hall–Kier alpha value is -0.230. The van der Waals surface area contributed by atoms with Crippen LogP contribution in [0, 0.1) is 0 Å². The van der Waals surface area contributed by atoms with E-state index in [1.165, 1.54) is 0 Å². The number of methoxy groups -OCH3 is 2. The van der Waals surface area contributed by atoms with Crippen LogP contribution in [0.5, 0.6) is 0 Å². The van der Waals surface area contributed by atoms with Gasteiger partial charge in [0, 0.05) is 20.8 Å². The van der Waals surface area contributed by atoms with E-state index in [4.69, 9.17) is 14.2 Å². The van der Waals surface area contributed by atoms with Gasteiger partial charge in [0.2, 0.25) is 5.79 Å². The van der Waals surface area contributed by atoms with Gasteiger partial charge < -0.3 is 14.2 Å². The lowest BCUT2D eigenvalue weighted by Gasteiger charge is -2.33. The van der Waals surface area contributed by atoms with Crippen molar-refractivity contribution in [1.29, 1.82) is 0 Å². The topological polar surface area (TPSA) is 30.9 Å². The van der Waals surface area contributed by atoms with E-state index in [9.17, 15) is 4.39 Å². The van der Waals surface area contributed by atoms with Gasteiger partial charge in [-0.2, -0.15) is 0 Å². The molecule has 2 heterocycles. The molecular weight excluding hydrogens is 189 g/mol. The van der Waals surface area contributed by atoms with Gasteiger partial charge in [-0.15, -0.1) is 0 Å². The maximum Gasteiger partial charge on any atom is 0.210 e. The van der Waals surface area contributed by atoms with Crippen LogP contribution in [-0.4, -0.2) is 63.4 Å². The van der Waals surface area contributed by atoms with Crippen LogP contribution in [0.15, 0.2) is 0 Å².